The number of hydrogen-bond acceptors (Lipinski definition) is 2. The summed E-state index contributed by atoms with van der Waals surface area (Å²) in [5.41, 5.74) is 8.13. The maximum Gasteiger partial charge on any atom is 0.151 e. The Bertz CT molecular complexity index is 518. The average molecular weight is 270 g/mol. The minimum absolute atomic E-state index is 0.318. The number of thiocarbonyl (C=S) groups is 1. The first-order valence-electron chi connectivity index (χ1n) is 4.02. The maximum atomic E-state index is 5.51. The van der Waals surface area contributed by atoms with Crippen LogP contribution in [0.5, 0.6) is 0 Å². The summed E-state index contributed by atoms with van der Waals surface area (Å²) in [6.45, 7) is 2.02. The number of nitrogens with zero attached hydrogens (tertiary/aromatic N) is 2. The van der Waals surface area contributed by atoms with Gasteiger partial charge >= 0.3 is 0 Å². The molecule has 0 spiro atoms. The van der Waals surface area contributed by atoms with Gasteiger partial charge in [-0.05, 0) is 34.5 Å². The van der Waals surface area contributed by atoms with Gasteiger partial charge in [0, 0.05) is 12.4 Å². The maximum absolute atomic E-state index is 5.51. The number of imidazole rings is 1. The van der Waals surface area contributed by atoms with Crippen molar-refractivity contribution in [2.24, 2.45) is 5.73 Å². The van der Waals surface area contributed by atoms with Crippen molar-refractivity contribution in [2.45, 2.75) is 6.92 Å². The van der Waals surface area contributed by atoms with Crippen molar-refractivity contribution in [2.75, 3.05) is 0 Å². The van der Waals surface area contributed by atoms with Gasteiger partial charge in [-0.1, -0.05) is 12.2 Å². The molecule has 0 fully saturated rings. The average Bonchev–Trinajstić information content (AvgIpc) is 2.47. The predicted octanol–water partition coefficient (Wildman–Crippen LogP) is 2.04. The number of nitrogens with two attached hydrogens (primary N) is 1. The van der Waals surface area contributed by atoms with E-state index < -0.39 is 0 Å². The summed E-state index contributed by atoms with van der Waals surface area (Å²) in [5, 5.41) is 0. The fourth-order valence-electron chi connectivity index (χ4n) is 1.31. The molecule has 3 nitrogen and oxygen atoms in total. The molecule has 2 aromatic heterocycles. The number of hydrogen-bond donors (Lipinski definition) is 1. The third-order valence-electron chi connectivity index (χ3n) is 1.90. The van der Waals surface area contributed by atoms with Gasteiger partial charge in [-0.25, -0.2) is 4.98 Å². The molecule has 0 radical (unpaired) electrons. The van der Waals surface area contributed by atoms with Crippen LogP contribution in [0.1, 0.15) is 11.3 Å². The lowest BCUT2D eigenvalue weighted by molar-refractivity contribution is 1.15. The van der Waals surface area contributed by atoms with Crippen LogP contribution in [-0.4, -0.2) is 14.4 Å². The summed E-state index contributed by atoms with van der Waals surface area (Å²) >= 11 is 8.31. The molecular formula is C9H8BrN3S. The molecule has 0 saturated heterocycles. The Labute approximate surface area is 95.1 Å². The third-order valence-corrected chi connectivity index (χ3v) is 2.69. The summed E-state index contributed by atoms with van der Waals surface area (Å²) in [5.74, 6) is 0. The highest BCUT2D eigenvalue weighted by molar-refractivity contribution is 9.10. The highest BCUT2D eigenvalue weighted by atomic mass is 79.9. The van der Waals surface area contributed by atoms with Crippen molar-refractivity contribution < 1.29 is 0 Å². The zero-order valence-corrected chi connectivity index (χ0v) is 9.89. The highest BCUT2D eigenvalue weighted by Gasteiger charge is 2.06. The number of aromatic nitrogens is 2. The summed E-state index contributed by atoms with van der Waals surface area (Å²) in [6, 6.07) is 2.01. The zero-order valence-electron chi connectivity index (χ0n) is 7.49. The topological polar surface area (TPSA) is 43.3 Å². The molecule has 14 heavy (non-hydrogen) atoms. The SMILES string of the molecule is Cc1cc(Br)c2nc(C(N)=S)cn2c1. The molecule has 0 aliphatic carbocycles. The smallest absolute Gasteiger partial charge is 0.151 e. The Balaban J connectivity index is 2.76. The molecular weight excluding hydrogens is 262 g/mol. The van der Waals surface area contributed by atoms with Crippen LogP contribution in [0.3, 0.4) is 0 Å². The molecule has 0 aliphatic rings. The van der Waals surface area contributed by atoms with E-state index in [0.29, 0.717) is 10.7 Å². The van der Waals surface area contributed by atoms with Gasteiger partial charge < -0.3 is 10.1 Å². The lowest BCUT2D eigenvalue weighted by Crippen LogP contribution is -2.09. The summed E-state index contributed by atoms with van der Waals surface area (Å²) in [4.78, 5) is 4.62. The quantitative estimate of drug-likeness (QED) is 0.806. The van der Waals surface area contributed by atoms with E-state index in [1.165, 1.54) is 0 Å². The zero-order chi connectivity index (χ0) is 10.3. The van der Waals surface area contributed by atoms with Gasteiger partial charge in [0.15, 0.2) is 5.65 Å². The van der Waals surface area contributed by atoms with Crippen molar-refractivity contribution in [3.8, 4) is 0 Å². The molecule has 2 N–H and O–H groups in total. The van der Waals surface area contributed by atoms with E-state index in [-0.39, 0.29) is 0 Å². The van der Waals surface area contributed by atoms with Crippen molar-refractivity contribution in [1.29, 1.82) is 0 Å². The van der Waals surface area contributed by atoms with Crippen LogP contribution >= 0.6 is 28.1 Å². The van der Waals surface area contributed by atoms with E-state index in [9.17, 15) is 0 Å². The van der Waals surface area contributed by atoms with Gasteiger partial charge in [-0.15, -0.1) is 0 Å². The molecule has 72 valence electrons. The Hall–Kier alpha value is -0.940. The number of fused-ring (bicyclic) bond motifs is 1. The van der Waals surface area contributed by atoms with E-state index in [4.69, 9.17) is 18.0 Å². The second kappa shape index (κ2) is 3.33. The van der Waals surface area contributed by atoms with Crippen LogP contribution in [0.4, 0.5) is 0 Å². The molecule has 2 heterocycles. The van der Waals surface area contributed by atoms with Crippen LogP contribution < -0.4 is 5.73 Å². The van der Waals surface area contributed by atoms with Gasteiger partial charge in [-0.3, -0.25) is 0 Å². The minimum atomic E-state index is 0.318. The van der Waals surface area contributed by atoms with Gasteiger partial charge in [0.1, 0.15) is 10.7 Å². The molecule has 0 saturated carbocycles. The first-order valence-corrected chi connectivity index (χ1v) is 5.22. The van der Waals surface area contributed by atoms with E-state index in [1.54, 1.807) is 0 Å². The van der Waals surface area contributed by atoms with E-state index in [2.05, 4.69) is 20.9 Å². The monoisotopic (exact) mass is 269 g/mol. The van der Waals surface area contributed by atoms with E-state index in [1.807, 2.05) is 29.8 Å². The number of aryl methyl sites for hydroxylation is 1. The summed E-state index contributed by atoms with van der Waals surface area (Å²) in [6.07, 6.45) is 3.81. The van der Waals surface area contributed by atoms with Crippen LogP contribution in [0, 0.1) is 6.92 Å². The summed E-state index contributed by atoms with van der Waals surface area (Å²) < 4.78 is 2.86. The Kier molecular flexibility index (Phi) is 2.28. The predicted molar refractivity (Wildman–Crippen MR) is 63.5 cm³/mol. The van der Waals surface area contributed by atoms with Gasteiger partial charge in [0.05, 0.1) is 4.47 Å². The summed E-state index contributed by atoms with van der Waals surface area (Å²) in [7, 11) is 0. The molecule has 0 unspecified atom stereocenters. The molecule has 0 aromatic carbocycles. The van der Waals surface area contributed by atoms with E-state index in [0.717, 1.165) is 15.7 Å². The number of rotatable bonds is 1. The van der Waals surface area contributed by atoms with Gasteiger partial charge in [-0.2, -0.15) is 0 Å². The highest BCUT2D eigenvalue weighted by Crippen LogP contribution is 2.19. The van der Waals surface area contributed by atoms with Crippen LogP contribution in [0.15, 0.2) is 22.9 Å². The van der Waals surface area contributed by atoms with Crippen molar-refractivity contribution in [1.82, 2.24) is 9.38 Å². The van der Waals surface area contributed by atoms with Crippen LogP contribution in [0.25, 0.3) is 5.65 Å². The van der Waals surface area contributed by atoms with E-state index >= 15 is 0 Å². The molecule has 0 bridgehead atoms. The van der Waals surface area contributed by atoms with Crippen LogP contribution in [-0.2, 0) is 0 Å². The lowest BCUT2D eigenvalue weighted by atomic mass is 10.3. The first kappa shape index (κ1) is 9.61. The number of halogens is 1. The first-order chi connectivity index (χ1) is 6.58. The number of pyridine rings is 1. The normalized spacial score (nSPS) is 10.7. The van der Waals surface area contributed by atoms with Crippen molar-refractivity contribution in [3.05, 3.63) is 34.2 Å². The molecule has 2 rings (SSSR count). The second-order valence-corrected chi connectivity index (χ2v) is 4.38. The Morgan fingerprint density at radius 3 is 2.93 bits per heavy atom. The molecule has 0 amide bonds. The largest absolute Gasteiger partial charge is 0.388 e. The van der Waals surface area contributed by atoms with Crippen molar-refractivity contribution >= 4 is 38.8 Å². The molecule has 2 aromatic rings. The fraction of sp³-hybridized carbons (Fsp3) is 0.111. The molecule has 0 atom stereocenters. The third kappa shape index (κ3) is 1.53. The second-order valence-electron chi connectivity index (χ2n) is 3.09. The molecule has 0 aliphatic heterocycles. The Morgan fingerprint density at radius 2 is 2.29 bits per heavy atom. The van der Waals surface area contributed by atoms with Crippen molar-refractivity contribution in [3.63, 3.8) is 0 Å². The fourth-order valence-corrected chi connectivity index (χ4v) is 2.06. The Morgan fingerprint density at radius 1 is 1.57 bits per heavy atom. The van der Waals surface area contributed by atoms with Crippen LogP contribution in [0.2, 0.25) is 0 Å². The lowest BCUT2D eigenvalue weighted by Gasteiger charge is -1.97. The minimum Gasteiger partial charge on any atom is -0.388 e. The standard InChI is InChI=1S/C9H8BrN3S/c1-5-2-6(10)9-12-7(8(11)14)4-13(9)3-5/h2-4H,1H3,(H2,11,14). The molecule has 5 heteroatoms. The van der Waals surface area contributed by atoms with Gasteiger partial charge in [0.25, 0.3) is 0 Å². The van der Waals surface area contributed by atoms with Gasteiger partial charge in [0.2, 0.25) is 0 Å².